The van der Waals surface area contributed by atoms with Gasteiger partial charge >= 0.3 is 5.97 Å². The minimum Gasteiger partial charge on any atom is -0.478 e. The van der Waals surface area contributed by atoms with E-state index in [9.17, 15) is 9.18 Å². The molecule has 0 aromatic heterocycles. The average Bonchev–Trinajstić information content (AvgIpc) is 2.09. The second kappa shape index (κ2) is 3.23. The minimum atomic E-state index is -1.36. The summed E-state index contributed by atoms with van der Waals surface area (Å²) in [5.41, 5.74) is -0.149. The first-order chi connectivity index (χ1) is 6.06. The Hall–Kier alpha value is -1.89. The number of aromatic carboxylic acids is 1. The zero-order valence-electron chi connectivity index (χ0n) is 6.84. The molecule has 0 saturated carbocycles. The number of carbonyl (C=O) groups is 1. The van der Waals surface area contributed by atoms with Crippen LogP contribution >= 0.6 is 0 Å². The molecule has 1 aromatic rings. The van der Waals surface area contributed by atoms with Crippen LogP contribution in [-0.4, -0.2) is 11.1 Å². The summed E-state index contributed by atoms with van der Waals surface area (Å²) in [7, 11) is 0. The number of carboxylic acid groups (broad SMARTS) is 1. The van der Waals surface area contributed by atoms with Gasteiger partial charge in [0, 0.05) is 0 Å². The highest BCUT2D eigenvalue weighted by Crippen LogP contribution is 2.14. The van der Waals surface area contributed by atoms with Gasteiger partial charge in [-0.1, -0.05) is 0 Å². The summed E-state index contributed by atoms with van der Waals surface area (Å²) < 4.78 is 13.1. The van der Waals surface area contributed by atoms with Crippen LogP contribution in [0.4, 0.5) is 4.39 Å². The summed E-state index contributed by atoms with van der Waals surface area (Å²) in [6.07, 6.45) is 0. The first kappa shape index (κ1) is 9.20. The number of benzene rings is 1. The van der Waals surface area contributed by atoms with Crippen LogP contribution in [0.25, 0.3) is 0 Å². The van der Waals surface area contributed by atoms with Crippen LogP contribution in [0.5, 0.6) is 0 Å². The number of nitriles is 1. The van der Waals surface area contributed by atoms with Gasteiger partial charge in [0.05, 0.1) is 17.2 Å². The Balaban J connectivity index is 3.44. The highest BCUT2D eigenvalue weighted by Gasteiger charge is 2.13. The average molecular weight is 179 g/mol. The normalized spacial score (nSPS) is 9.31. The van der Waals surface area contributed by atoms with Gasteiger partial charge in [-0.3, -0.25) is 0 Å². The quantitative estimate of drug-likeness (QED) is 0.713. The molecule has 13 heavy (non-hydrogen) atoms. The molecule has 0 amide bonds. The van der Waals surface area contributed by atoms with Gasteiger partial charge in [-0.05, 0) is 24.6 Å². The number of halogens is 1. The van der Waals surface area contributed by atoms with Crippen molar-refractivity contribution in [1.82, 2.24) is 0 Å². The van der Waals surface area contributed by atoms with Crippen molar-refractivity contribution >= 4 is 5.97 Å². The first-order valence-electron chi connectivity index (χ1n) is 3.50. The molecular weight excluding hydrogens is 173 g/mol. The van der Waals surface area contributed by atoms with Gasteiger partial charge in [-0.25, -0.2) is 9.18 Å². The van der Waals surface area contributed by atoms with Crippen LogP contribution in [0.1, 0.15) is 21.5 Å². The van der Waals surface area contributed by atoms with Crippen LogP contribution in [0.15, 0.2) is 12.1 Å². The lowest BCUT2D eigenvalue weighted by Gasteiger charge is -2.01. The number of nitrogens with zero attached hydrogens (tertiary/aromatic N) is 1. The standard InChI is InChI=1S/C9H6FNO2/c1-5-2-6(4-11)3-7(8(5)10)9(12)13/h2-3H,1H3,(H,12,13). The topological polar surface area (TPSA) is 61.1 Å². The van der Waals surface area contributed by atoms with Crippen LogP contribution < -0.4 is 0 Å². The monoisotopic (exact) mass is 179 g/mol. The van der Waals surface area contributed by atoms with Crippen molar-refractivity contribution in [2.45, 2.75) is 6.92 Å². The van der Waals surface area contributed by atoms with Gasteiger partial charge in [0.15, 0.2) is 0 Å². The minimum absolute atomic E-state index is 0.149. The SMILES string of the molecule is Cc1cc(C#N)cc(C(=O)O)c1F. The molecule has 4 heteroatoms. The van der Waals surface area contributed by atoms with Gasteiger partial charge in [-0.15, -0.1) is 0 Å². The second-order valence-corrected chi connectivity index (χ2v) is 2.57. The number of rotatable bonds is 1. The molecule has 0 radical (unpaired) electrons. The van der Waals surface area contributed by atoms with E-state index >= 15 is 0 Å². The largest absolute Gasteiger partial charge is 0.478 e. The summed E-state index contributed by atoms with van der Waals surface area (Å²) >= 11 is 0. The fourth-order valence-electron chi connectivity index (χ4n) is 0.990. The predicted octanol–water partition coefficient (Wildman–Crippen LogP) is 1.70. The molecular formula is C9H6FNO2. The Kier molecular flexibility index (Phi) is 2.29. The van der Waals surface area contributed by atoms with E-state index in [0.29, 0.717) is 0 Å². The molecule has 0 bridgehead atoms. The van der Waals surface area contributed by atoms with Crippen molar-refractivity contribution in [2.24, 2.45) is 0 Å². The maximum Gasteiger partial charge on any atom is 0.338 e. The fourth-order valence-corrected chi connectivity index (χ4v) is 0.990. The van der Waals surface area contributed by atoms with Gasteiger partial charge in [0.1, 0.15) is 5.82 Å². The molecule has 0 spiro atoms. The third-order valence-corrected chi connectivity index (χ3v) is 1.61. The molecule has 0 atom stereocenters. The summed E-state index contributed by atoms with van der Waals surface area (Å²) in [5, 5.41) is 17.1. The molecule has 3 nitrogen and oxygen atoms in total. The van der Waals surface area contributed by atoms with Crippen molar-refractivity contribution in [3.05, 3.63) is 34.6 Å². The maximum atomic E-state index is 13.1. The zero-order valence-corrected chi connectivity index (χ0v) is 6.84. The van der Waals surface area contributed by atoms with Crippen molar-refractivity contribution in [3.8, 4) is 6.07 Å². The molecule has 0 aliphatic heterocycles. The maximum absolute atomic E-state index is 13.1. The van der Waals surface area contributed by atoms with Crippen molar-refractivity contribution in [3.63, 3.8) is 0 Å². The Morgan fingerprint density at radius 3 is 2.69 bits per heavy atom. The van der Waals surface area contributed by atoms with Crippen LogP contribution in [0, 0.1) is 24.1 Å². The Bertz CT molecular complexity index is 407. The molecule has 0 saturated heterocycles. The number of hydrogen-bond acceptors (Lipinski definition) is 2. The molecule has 66 valence electrons. The van der Waals surface area contributed by atoms with E-state index in [1.165, 1.54) is 13.0 Å². The lowest BCUT2D eigenvalue weighted by atomic mass is 10.1. The highest BCUT2D eigenvalue weighted by molar-refractivity contribution is 5.88. The van der Waals surface area contributed by atoms with Gasteiger partial charge in [-0.2, -0.15) is 5.26 Å². The summed E-state index contributed by atoms with van der Waals surface area (Å²) in [6.45, 7) is 1.42. The summed E-state index contributed by atoms with van der Waals surface area (Å²) in [5.74, 6) is -2.15. The third-order valence-electron chi connectivity index (χ3n) is 1.61. The smallest absolute Gasteiger partial charge is 0.338 e. The van der Waals surface area contributed by atoms with Crippen LogP contribution in [-0.2, 0) is 0 Å². The van der Waals surface area contributed by atoms with E-state index in [1.54, 1.807) is 6.07 Å². The molecule has 0 aliphatic carbocycles. The highest BCUT2D eigenvalue weighted by atomic mass is 19.1. The van der Waals surface area contributed by atoms with Crippen molar-refractivity contribution < 1.29 is 14.3 Å². The van der Waals surface area contributed by atoms with Crippen LogP contribution in [0.2, 0.25) is 0 Å². The number of aryl methyl sites for hydroxylation is 1. The summed E-state index contributed by atoms with van der Waals surface area (Å²) in [4.78, 5) is 10.5. The predicted molar refractivity (Wildman–Crippen MR) is 42.8 cm³/mol. The van der Waals surface area contributed by atoms with Crippen molar-refractivity contribution in [1.29, 1.82) is 5.26 Å². The molecule has 0 heterocycles. The van der Waals surface area contributed by atoms with Gasteiger partial charge in [0.25, 0.3) is 0 Å². The number of carboxylic acids is 1. The summed E-state index contributed by atoms with van der Waals surface area (Å²) in [6, 6.07) is 4.09. The van der Waals surface area contributed by atoms with E-state index in [2.05, 4.69) is 0 Å². The Morgan fingerprint density at radius 2 is 2.23 bits per heavy atom. The molecule has 0 aliphatic rings. The lowest BCUT2D eigenvalue weighted by Crippen LogP contribution is -2.03. The Morgan fingerprint density at radius 1 is 1.62 bits per heavy atom. The van der Waals surface area contributed by atoms with Crippen molar-refractivity contribution in [2.75, 3.05) is 0 Å². The first-order valence-corrected chi connectivity index (χ1v) is 3.50. The molecule has 1 rings (SSSR count). The molecule has 0 fully saturated rings. The lowest BCUT2D eigenvalue weighted by molar-refractivity contribution is 0.0691. The Labute approximate surface area is 74.0 Å². The van der Waals surface area contributed by atoms with E-state index in [0.717, 1.165) is 6.07 Å². The van der Waals surface area contributed by atoms with Crippen LogP contribution in [0.3, 0.4) is 0 Å². The molecule has 1 N–H and O–H groups in total. The van der Waals surface area contributed by atoms with E-state index in [4.69, 9.17) is 10.4 Å². The number of hydrogen-bond donors (Lipinski definition) is 1. The third kappa shape index (κ3) is 1.64. The second-order valence-electron chi connectivity index (χ2n) is 2.57. The zero-order chi connectivity index (χ0) is 10.0. The van der Waals surface area contributed by atoms with E-state index in [-0.39, 0.29) is 11.1 Å². The van der Waals surface area contributed by atoms with E-state index < -0.39 is 17.3 Å². The fraction of sp³-hybridized carbons (Fsp3) is 0.111. The molecule has 0 unspecified atom stereocenters. The molecule has 1 aromatic carbocycles. The van der Waals surface area contributed by atoms with Gasteiger partial charge in [0.2, 0.25) is 0 Å². The van der Waals surface area contributed by atoms with E-state index in [1.807, 2.05) is 0 Å². The van der Waals surface area contributed by atoms with Gasteiger partial charge < -0.3 is 5.11 Å².